The summed E-state index contributed by atoms with van der Waals surface area (Å²) >= 11 is 3.16. The predicted octanol–water partition coefficient (Wildman–Crippen LogP) is 3.30. The fourth-order valence-electron chi connectivity index (χ4n) is 1.98. The monoisotopic (exact) mass is 397 g/mol. The molecule has 0 spiro atoms. The third-order valence-electron chi connectivity index (χ3n) is 3.22. The van der Waals surface area contributed by atoms with Crippen molar-refractivity contribution in [1.82, 2.24) is 5.32 Å². The van der Waals surface area contributed by atoms with Crippen LogP contribution in [-0.4, -0.2) is 26.7 Å². The summed E-state index contributed by atoms with van der Waals surface area (Å²) in [4.78, 5) is 11.9. The molecular formula is C17H17BrFNO4. The summed E-state index contributed by atoms with van der Waals surface area (Å²) in [6.07, 6.45) is 0. The van der Waals surface area contributed by atoms with Crippen molar-refractivity contribution in [2.24, 2.45) is 0 Å². The number of carbonyl (C=O) groups excluding carboxylic acids is 1. The lowest BCUT2D eigenvalue weighted by Crippen LogP contribution is -2.28. The fourth-order valence-corrected chi connectivity index (χ4v) is 2.31. The van der Waals surface area contributed by atoms with Crippen molar-refractivity contribution in [3.05, 3.63) is 52.3 Å². The Bertz CT molecular complexity index is 724. The number of halogens is 2. The summed E-state index contributed by atoms with van der Waals surface area (Å²) in [7, 11) is 3.11. The van der Waals surface area contributed by atoms with Crippen molar-refractivity contribution in [1.29, 1.82) is 0 Å². The first-order chi connectivity index (χ1) is 11.5. The predicted molar refractivity (Wildman–Crippen MR) is 91.0 cm³/mol. The highest BCUT2D eigenvalue weighted by atomic mass is 79.9. The minimum absolute atomic E-state index is 0.0235. The molecule has 0 aromatic heterocycles. The summed E-state index contributed by atoms with van der Waals surface area (Å²) in [6, 6.07) is 9.67. The molecule has 24 heavy (non-hydrogen) atoms. The third kappa shape index (κ3) is 4.86. The van der Waals surface area contributed by atoms with E-state index >= 15 is 0 Å². The first-order valence-electron chi connectivity index (χ1n) is 7.09. The van der Waals surface area contributed by atoms with Crippen molar-refractivity contribution < 1.29 is 23.4 Å². The molecule has 5 nitrogen and oxygen atoms in total. The Morgan fingerprint density at radius 2 is 1.92 bits per heavy atom. The van der Waals surface area contributed by atoms with Gasteiger partial charge in [-0.25, -0.2) is 4.39 Å². The maximum atomic E-state index is 13.6. The van der Waals surface area contributed by atoms with Gasteiger partial charge in [-0.15, -0.1) is 0 Å². The van der Waals surface area contributed by atoms with Crippen molar-refractivity contribution >= 4 is 21.8 Å². The maximum Gasteiger partial charge on any atom is 0.258 e. The summed E-state index contributed by atoms with van der Waals surface area (Å²) in [5.74, 6) is 0.394. The molecule has 0 aliphatic heterocycles. The first-order valence-corrected chi connectivity index (χ1v) is 7.88. The van der Waals surface area contributed by atoms with Crippen LogP contribution in [-0.2, 0) is 11.3 Å². The number of ether oxygens (including phenoxy) is 3. The fraction of sp³-hybridized carbons (Fsp3) is 0.235. The number of carbonyl (C=O) groups is 1. The third-order valence-corrected chi connectivity index (χ3v) is 3.72. The van der Waals surface area contributed by atoms with Crippen molar-refractivity contribution in [2.45, 2.75) is 6.54 Å². The zero-order valence-corrected chi connectivity index (χ0v) is 14.9. The normalized spacial score (nSPS) is 10.2. The molecule has 0 bridgehead atoms. The highest BCUT2D eigenvalue weighted by molar-refractivity contribution is 9.10. The van der Waals surface area contributed by atoms with E-state index in [-0.39, 0.29) is 24.8 Å². The van der Waals surface area contributed by atoms with Crippen LogP contribution in [0.25, 0.3) is 0 Å². The van der Waals surface area contributed by atoms with Crippen molar-refractivity contribution in [3.63, 3.8) is 0 Å². The topological polar surface area (TPSA) is 56.8 Å². The average molecular weight is 398 g/mol. The molecule has 0 aliphatic carbocycles. The largest absolute Gasteiger partial charge is 0.497 e. The van der Waals surface area contributed by atoms with Gasteiger partial charge in [-0.1, -0.05) is 15.9 Å². The lowest BCUT2D eigenvalue weighted by molar-refractivity contribution is -0.123. The lowest BCUT2D eigenvalue weighted by Gasteiger charge is -2.12. The van der Waals surface area contributed by atoms with E-state index in [9.17, 15) is 9.18 Å². The van der Waals surface area contributed by atoms with Crippen LogP contribution in [0.15, 0.2) is 40.9 Å². The molecular weight excluding hydrogens is 381 g/mol. The molecule has 2 aromatic rings. The van der Waals surface area contributed by atoms with Gasteiger partial charge in [0, 0.05) is 22.6 Å². The molecule has 0 atom stereocenters. The zero-order chi connectivity index (χ0) is 17.5. The highest BCUT2D eigenvalue weighted by Crippen LogP contribution is 2.24. The van der Waals surface area contributed by atoms with E-state index in [0.29, 0.717) is 16.0 Å². The van der Waals surface area contributed by atoms with Gasteiger partial charge in [0.05, 0.1) is 14.2 Å². The van der Waals surface area contributed by atoms with E-state index in [1.54, 1.807) is 38.5 Å². The van der Waals surface area contributed by atoms with Gasteiger partial charge in [0.1, 0.15) is 11.5 Å². The molecule has 2 rings (SSSR count). The SMILES string of the molecule is COc1ccc(CNC(=O)COc2ccc(Br)cc2F)c(OC)c1. The van der Waals surface area contributed by atoms with Gasteiger partial charge in [0.15, 0.2) is 18.2 Å². The molecule has 0 heterocycles. The van der Waals surface area contributed by atoms with Gasteiger partial charge < -0.3 is 19.5 Å². The molecule has 1 amide bonds. The standard InChI is InChI=1S/C17H17BrFNO4/c1-22-13-5-3-11(16(8-13)23-2)9-20-17(21)10-24-15-6-4-12(18)7-14(15)19/h3-8H,9-10H2,1-2H3,(H,20,21). The Kier molecular flexibility index (Phi) is 6.43. The molecule has 0 aliphatic rings. The summed E-state index contributed by atoms with van der Waals surface area (Å²) in [5, 5.41) is 2.70. The number of benzene rings is 2. The van der Waals surface area contributed by atoms with Gasteiger partial charge in [0.25, 0.3) is 5.91 Å². The van der Waals surface area contributed by atoms with Gasteiger partial charge in [0.2, 0.25) is 0 Å². The summed E-state index contributed by atoms with van der Waals surface area (Å²) < 4.78 is 29.8. The maximum absolute atomic E-state index is 13.6. The molecule has 128 valence electrons. The van der Waals surface area contributed by atoms with Gasteiger partial charge >= 0.3 is 0 Å². The van der Waals surface area contributed by atoms with E-state index < -0.39 is 5.82 Å². The highest BCUT2D eigenvalue weighted by Gasteiger charge is 2.09. The summed E-state index contributed by atoms with van der Waals surface area (Å²) in [6.45, 7) is -0.0186. The molecule has 1 N–H and O–H groups in total. The molecule has 0 saturated carbocycles. The van der Waals surface area contributed by atoms with Crippen molar-refractivity contribution in [3.8, 4) is 17.2 Å². The van der Waals surface area contributed by atoms with Crippen molar-refractivity contribution in [2.75, 3.05) is 20.8 Å². The van der Waals surface area contributed by atoms with Gasteiger partial charge in [-0.2, -0.15) is 0 Å². The second-order valence-corrected chi connectivity index (χ2v) is 5.73. The van der Waals surface area contributed by atoms with Crippen LogP contribution < -0.4 is 19.5 Å². The molecule has 0 fully saturated rings. The van der Waals surface area contributed by atoms with Gasteiger partial charge in [-0.3, -0.25) is 4.79 Å². The Balaban J connectivity index is 1.89. The smallest absolute Gasteiger partial charge is 0.258 e. The number of nitrogens with one attached hydrogen (secondary N) is 1. The Morgan fingerprint density at radius 3 is 2.58 bits per heavy atom. The van der Waals surface area contributed by atoms with Crippen LogP contribution in [0.4, 0.5) is 4.39 Å². The number of rotatable bonds is 7. The first kappa shape index (κ1) is 18.1. The van der Waals surface area contributed by atoms with E-state index in [2.05, 4.69) is 21.2 Å². The molecule has 0 radical (unpaired) electrons. The van der Waals surface area contributed by atoms with E-state index in [0.717, 1.165) is 5.56 Å². The van der Waals surface area contributed by atoms with Crippen LogP contribution in [0, 0.1) is 5.82 Å². The number of amides is 1. The second kappa shape index (κ2) is 8.54. The minimum atomic E-state index is -0.533. The molecule has 7 heteroatoms. The van der Waals surface area contributed by atoms with Crippen LogP contribution in [0.2, 0.25) is 0 Å². The Labute approximate surface area is 147 Å². The minimum Gasteiger partial charge on any atom is -0.497 e. The Hall–Kier alpha value is -2.28. The number of methoxy groups -OCH3 is 2. The average Bonchev–Trinajstić information content (AvgIpc) is 2.59. The number of hydrogen-bond acceptors (Lipinski definition) is 4. The quantitative estimate of drug-likeness (QED) is 0.778. The molecule has 0 unspecified atom stereocenters. The van der Waals surface area contributed by atoms with Gasteiger partial charge in [-0.05, 0) is 30.3 Å². The number of hydrogen-bond donors (Lipinski definition) is 1. The zero-order valence-electron chi connectivity index (χ0n) is 13.3. The molecule has 2 aromatic carbocycles. The van der Waals surface area contributed by atoms with Crippen LogP contribution in [0.3, 0.4) is 0 Å². The van der Waals surface area contributed by atoms with E-state index in [4.69, 9.17) is 14.2 Å². The second-order valence-electron chi connectivity index (χ2n) is 4.82. The Morgan fingerprint density at radius 1 is 1.12 bits per heavy atom. The van der Waals surface area contributed by atoms with E-state index in [1.807, 2.05) is 0 Å². The van der Waals surface area contributed by atoms with Crippen LogP contribution >= 0.6 is 15.9 Å². The molecule has 0 saturated heterocycles. The lowest BCUT2D eigenvalue weighted by atomic mass is 10.2. The van der Waals surface area contributed by atoms with E-state index in [1.165, 1.54) is 12.1 Å². The van der Waals surface area contributed by atoms with Crippen LogP contribution in [0.5, 0.6) is 17.2 Å². The van der Waals surface area contributed by atoms with Crippen LogP contribution in [0.1, 0.15) is 5.56 Å². The summed E-state index contributed by atoms with van der Waals surface area (Å²) in [5.41, 5.74) is 0.793.